The third kappa shape index (κ3) is 4.17. The van der Waals surface area contributed by atoms with Gasteiger partial charge >= 0.3 is 0 Å². The number of nitriles is 1. The molecule has 11 heteroatoms. The van der Waals surface area contributed by atoms with E-state index in [1.165, 1.54) is 22.9 Å². The maximum absolute atomic E-state index is 13.0. The number of tetrazole rings is 1. The monoisotopic (exact) mass is 449 g/mol. The third-order valence-corrected chi connectivity index (χ3v) is 6.67. The van der Waals surface area contributed by atoms with Crippen LogP contribution in [0.4, 0.5) is 11.4 Å². The van der Waals surface area contributed by atoms with E-state index in [0.29, 0.717) is 15.7 Å². The van der Waals surface area contributed by atoms with Crippen molar-refractivity contribution in [3.8, 4) is 6.07 Å². The highest BCUT2D eigenvalue weighted by Gasteiger charge is 2.35. The van der Waals surface area contributed by atoms with Crippen LogP contribution in [-0.2, 0) is 12.5 Å². The van der Waals surface area contributed by atoms with E-state index < -0.39 is 16.2 Å². The molecule has 0 spiro atoms. The molecule has 0 atom stereocenters. The molecular formula is C21H19N7O3S. The number of amides is 1. The number of nitro groups is 1. The van der Waals surface area contributed by atoms with Crippen LogP contribution in [-0.4, -0.2) is 31.0 Å². The summed E-state index contributed by atoms with van der Waals surface area (Å²) in [5, 5.41) is 35.4. The summed E-state index contributed by atoms with van der Waals surface area (Å²) in [4.78, 5) is 24.2. The van der Waals surface area contributed by atoms with Crippen molar-refractivity contribution in [3.05, 3.63) is 63.7 Å². The third-order valence-electron chi connectivity index (χ3n) is 5.57. The topological polar surface area (TPSA) is 140 Å². The Morgan fingerprint density at radius 1 is 1.25 bits per heavy atom. The minimum atomic E-state index is -0.549. The zero-order valence-corrected chi connectivity index (χ0v) is 18.0. The Morgan fingerprint density at radius 2 is 1.97 bits per heavy atom. The number of nitrogens with zero attached hydrogens (tertiary/aromatic N) is 6. The lowest BCUT2D eigenvalue weighted by atomic mass is 9.80. The van der Waals surface area contributed by atoms with E-state index in [1.807, 2.05) is 12.1 Å². The fraction of sp³-hybridized carbons (Fsp3) is 0.286. The van der Waals surface area contributed by atoms with Gasteiger partial charge in [0.2, 0.25) is 5.16 Å². The normalized spacial score (nSPS) is 14.6. The number of hydrogen-bond acceptors (Lipinski definition) is 8. The van der Waals surface area contributed by atoms with Crippen LogP contribution >= 0.6 is 11.8 Å². The number of non-ortho nitro benzene ring substituents is 1. The van der Waals surface area contributed by atoms with Crippen LogP contribution < -0.4 is 5.32 Å². The second-order valence-corrected chi connectivity index (χ2v) is 8.57. The second kappa shape index (κ2) is 8.76. The fourth-order valence-electron chi connectivity index (χ4n) is 3.82. The van der Waals surface area contributed by atoms with E-state index in [0.717, 1.165) is 43.0 Å². The molecule has 0 unspecified atom stereocenters. The molecule has 0 saturated heterocycles. The predicted molar refractivity (Wildman–Crippen MR) is 116 cm³/mol. The Morgan fingerprint density at radius 3 is 2.56 bits per heavy atom. The van der Waals surface area contributed by atoms with Crippen LogP contribution in [0.5, 0.6) is 0 Å². The molecule has 10 nitrogen and oxygen atoms in total. The number of nitro benzene ring substituents is 1. The molecule has 1 aliphatic rings. The van der Waals surface area contributed by atoms with Gasteiger partial charge in [-0.3, -0.25) is 14.9 Å². The number of benzene rings is 2. The summed E-state index contributed by atoms with van der Waals surface area (Å²) in [5.74, 6) is -0.491. The molecule has 162 valence electrons. The van der Waals surface area contributed by atoms with Crippen molar-refractivity contribution >= 4 is 29.0 Å². The summed E-state index contributed by atoms with van der Waals surface area (Å²) in [5.41, 5.74) is 0.962. The van der Waals surface area contributed by atoms with E-state index in [4.69, 9.17) is 0 Å². The summed E-state index contributed by atoms with van der Waals surface area (Å²) in [6.45, 7) is 0. The Balaban J connectivity index is 1.59. The molecule has 0 radical (unpaired) electrons. The lowest BCUT2D eigenvalue weighted by Gasteiger charge is -2.21. The van der Waals surface area contributed by atoms with Crippen LogP contribution in [0.3, 0.4) is 0 Å². The molecule has 0 bridgehead atoms. The van der Waals surface area contributed by atoms with Crippen molar-refractivity contribution in [2.75, 3.05) is 5.32 Å². The standard InChI is InChI=1S/C21H19N7O3S/c1-27-20(24-25-26-27)32-18-9-8-16(28(30)31)12-17(18)19(29)23-15-6-4-14(5-7-15)21(13-22)10-2-3-11-21/h4-9,12H,2-3,10-11H2,1H3,(H,23,29). The van der Waals surface area contributed by atoms with Gasteiger partial charge in [0.05, 0.1) is 22.0 Å². The second-order valence-electron chi connectivity index (χ2n) is 7.56. The Bertz CT molecular complexity index is 1210. The van der Waals surface area contributed by atoms with Gasteiger partial charge in [-0.1, -0.05) is 25.0 Å². The maximum Gasteiger partial charge on any atom is 0.270 e. The van der Waals surface area contributed by atoms with E-state index in [2.05, 4.69) is 26.9 Å². The van der Waals surface area contributed by atoms with Gasteiger partial charge < -0.3 is 5.32 Å². The SMILES string of the molecule is Cn1nnnc1Sc1ccc([N+](=O)[O-])cc1C(=O)Nc1ccc(C2(C#N)CCCC2)cc1. The lowest BCUT2D eigenvalue weighted by Crippen LogP contribution is -2.19. The highest BCUT2D eigenvalue weighted by atomic mass is 32.2. The minimum absolute atomic E-state index is 0.139. The number of anilines is 1. The molecule has 4 rings (SSSR count). The van der Waals surface area contributed by atoms with Crippen LogP contribution in [0.25, 0.3) is 0 Å². The summed E-state index contributed by atoms with van der Waals surface area (Å²) in [6, 6.07) is 13.8. The largest absolute Gasteiger partial charge is 0.322 e. The first kappa shape index (κ1) is 21.5. The average Bonchev–Trinajstić information content (AvgIpc) is 3.44. The number of rotatable bonds is 6. The number of nitrogens with one attached hydrogen (secondary N) is 1. The first-order valence-corrected chi connectivity index (χ1v) is 10.8. The van der Waals surface area contributed by atoms with Crippen LogP contribution in [0.15, 0.2) is 52.5 Å². The van der Waals surface area contributed by atoms with Gasteiger partial charge in [-0.15, -0.1) is 5.10 Å². The molecule has 1 fully saturated rings. The van der Waals surface area contributed by atoms with E-state index in [9.17, 15) is 20.2 Å². The molecule has 1 N–H and O–H groups in total. The summed E-state index contributed by atoms with van der Waals surface area (Å²) < 4.78 is 1.44. The van der Waals surface area contributed by atoms with Crippen molar-refractivity contribution in [3.63, 3.8) is 0 Å². The molecular weight excluding hydrogens is 430 g/mol. The van der Waals surface area contributed by atoms with Gasteiger partial charge in [0.1, 0.15) is 0 Å². The Labute approximate surface area is 187 Å². The predicted octanol–water partition coefficient (Wildman–Crippen LogP) is 3.86. The van der Waals surface area contributed by atoms with Gasteiger partial charge in [-0.2, -0.15) is 5.26 Å². The van der Waals surface area contributed by atoms with Crippen molar-refractivity contribution in [1.29, 1.82) is 5.26 Å². The van der Waals surface area contributed by atoms with Crippen LogP contribution in [0.2, 0.25) is 0 Å². The van der Waals surface area contributed by atoms with Gasteiger partial charge in [0.25, 0.3) is 11.6 Å². The zero-order valence-electron chi connectivity index (χ0n) is 17.2. The average molecular weight is 449 g/mol. The number of carbonyl (C=O) groups is 1. The molecule has 2 aromatic carbocycles. The molecule has 0 aliphatic heterocycles. The first-order chi connectivity index (χ1) is 15.4. The first-order valence-electron chi connectivity index (χ1n) is 9.94. The maximum atomic E-state index is 13.0. The van der Waals surface area contributed by atoms with E-state index in [1.54, 1.807) is 19.2 Å². The Hall–Kier alpha value is -3.78. The molecule has 1 amide bonds. The van der Waals surface area contributed by atoms with Crippen molar-refractivity contribution in [1.82, 2.24) is 20.2 Å². The fourth-order valence-corrected chi connectivity index (χ4v) is 4.66. The molecule has 3 aromatic rings. The summed E-state index contributed by atoms with van der Waals surface area (Å²) >= 11 is 1.14. The van der Waals surface area contributed by atoms with Crippen molar-refractivity contribution < 1.29 is 9.72 Å². The zero-order chi connectivity index (χ0) is 22.7. The lowest BCUT2D eigenvalue weighted by molar-refractivity contribution is -0.384. The number of aryl methyl sites for hydroxylation is 1. The van der Waals surface area contributed by atoms with Crippen molar-refractivity contribution in [2.45, 2.75) is 41.2 Å². The van der Waals surface area contributed by atoms with Gasteiger partial charge in [-0.25, -0.2) is 4.68 Å². The van der Waals surface area contributed by atoms with Crippen LogP contribution in [0, 0.1) is 21.4 Å². The number of aromatic nitrogens is 4. The molecule has 1 aliphatic carbocycles. The summed E-state index contributed by atoms with van der Waals surface area (Å²) in [7, 11) is 1.66. The van der Waals surface area contributed by atoms with E-state index >= 15 is 0 Å². The number of carbonyl (C=O) groups excluding carboxylic acids is 1. The van der Waals surface area contributed by atoms with Gasteiger partial charge in [0, 0.05) is 29.8 Å². The molecule has 1 saturated carbocycles. The molecule has 32 heavy (non-hydrogen) atoms. The number of hydrogen-bond donors (Lipinski definition) is 1. The van der Waals surface area contributed by atoms with Crippen LogP contribution in [0.1, 0.15) is 41.6 Å². The highest BCUT2D eigenvalue weighted by molar-refractivity contribution is 7.99. The van der Waals surface area contributed by atoms with Crippen molar-refractivity contribution in [2.24, 2.45) is 7.05 Å². The smallest absolute Gasteiger partial charge is 0.270 e. The quantitative estimate of drug-likeness (QED) is 0.442. The molecule has 1 aromatic heterocycles. The minimum Gasteiger partial charge on any atom is -0.322 e. The highest BCUT2D eigenvalue weighted by Crippen LogP contribution is 2.40. The van der Waals surface area contributed by atoms with Gasteiger partial charge in [-0.05, 0) is 58.8 Å². The summed E-state index contributed by atoms with van der Waals surface area (Å²) in [6.07, 6.45) is 3.72. The molecule has 1 heterocycles. The Kier molecular flexibility index (Phi) is 5.87. The van der Waals surface area contributed by atoms with E-state index in [-0.39, 0.29) is 11.3 Å². The van der Waals surface area contributed by atoms with Gasteiger partial charge in [0.15, 0.2) is 0 Å².